The van der Waals surface area contributed by atoms with Crippen LogP contribution in [0.5, 0.6) is 0 Å². The van der Waals surface area contributed by atoms with Gasteiger partial charge in [-0.2, -0.15) is 13.2 Å². The first-order valence-corrected chi connectivity index (χ1v) is 12.5. The lowest BCUT2D eigenvalue weighted by molar-refractivity contribution is -0.170. The number of carbonyl (C=O) groups is 4. The predicted octanol–water partition coefficient (Wildman–Crippen LogP) is 5.97. The minimum atomic E-state index is -5.07. The Morgan fingerprint density at radius 3 is 2.03 bits per heavy atom. The highest BCUT2D eigenvalue weighted by Gasteiger charge is 2.39. The fourth-order valence-corrected chi connectivity index (χ4v) is 4.77. The van der Waals surface area contributed by atoms with Gasteiger partial charge < -0.3 is 4.90 Å². The number of rotatable bonds is 10. The van der Waals surface area contributed by atoms with E-state index >= 15 is 0 Å². The van der Waals surface area contributed by atoms with Gasteiger partial charge in [-0.05, 0) is 36.6 Å². The number of carbonyl (C=O) groups excluding carboxylic acids is 4. The van der Waals surface area contributed by atoms with Gasteiger partial charge in [-0.3, -0.25) is 24.1 Å². The molecule has 1 aliphatic rings. The predicted molar refractivity (Wildman–Crippen MR) is 137 cm³/mol. The molecule has 0 aliphatic carbocycles. The Balaban J connectivity index is 1.60. The standard InChI is InChI=1S/C29H27F3N2O4/c1-3-14-33(15-4-2)23-13-12-22-26-20(23)6-5-7-21(26)27(37)34(28(22)38)17-18-8-10-19(11-9-18)24(35)16-25(36)29(30,31)32/h5-13H,3-4,14-17H2,1-2H3. The van der Waals surface area contributed by atoms with Gasteiger partial charge in [0.2, 0.25) is 5.78 Å². The number of nitrogens with zero attached hydrogens (tertiary/aromatic N) is 2. The normalized spacial score (nSPS) is 13.2. The highest BCUT2D eigenvalue weighted by atomic mass is 19.4. The maximum absolute atomic E-state index is 13.4. The van der Waals surface area contributed by atoms with Gasteiger partial charge in [-0.25, -0.2) is 0 Å². The van der Waals surface area contributed by atoms with Crippen LogP contribution in [-0.2, 0) is 11.3 Å². The average molecular weight is 525 g/mol. The molecule has 4 rings (SSSR count). The maximum atomic E-state index is 13.4. The molecular formula is C29H27F3N2O4. The number of Topliss-reactive ketones (excluding diaryl/α,β-unsaturated/α-hetero) is 2. The first kappa shape index (κ1) is 27.0. The summed E-state index contributed by atoms with van der Waals surface area (Å²) in [5, 5.41) is 1.48. The molecule has 3 aromatic carbocycles. The van der Waals surface area contributed by atoms with E-state index in [2.05, 4.69) is 18.7 Å². The second-order valence-corrected chi connectivity index (χ2v) is 9.26. The van der Waals surface area contributed by atoms with Gasteiger partial charge in [0.15, 0.2) is 5.78 Å². The zero-order valence-corrected chi connectivity index (χ0v) is 21.1. The molecule has 0 fully saturated rings. The van der Waals surface area contributed by atoms with E-state index in [1.165, 1.54) is 24.3 Å². The summed E-state index contributed by atoms with van der Waals surface area (Å²) in [5.74, 6) is -3.96. The molecule has 2 amide bonds. The van der Waals surface area contributed by atoms with Crippen molar-refractivity contribution in [3.8, 4) is 0 Å². The summed E-state index contributed by atoms with van der Waals surface area (Å²) in [4.78, 5) is 53.4. The van der Waals surface area contributed by atoms with E-state index in [0.29, 0.717) is 22.1 Å². The molecule has 0 saturated heterocycles. The highest BCUT2D eigenvalue weighted by Crippen LogP contribution is 2.36. The van der Waals surface area contributed by atoms with Crippen LogP contribution in [0.1, 0.15) is 69.7 Å². The van der Waals surface area contributed by atoms with E-state index in [4.69, 9.17) is 0 Å². The maximum Gasteiger partial charge on any atom is 0.450 e. The largest absolute Gasteiger partial charge is 0.450 e. The number of hydrogen-bond acceptors (Lipinski definition) is 5. The lowest BCUT2D eigenvalue weighted by atomic mass is 9.92. The summed E-state index contributed by atoms with van der Waals surface area (Å²) in [7, 11) is 0. The average Bonchev–Trinajstić information content (AvgIpc) is 2.89. The number of ketones is 2. The number of imide groups is 1. The molecule has 0 bridgehead atoms. The summed E-state index contributed by atoms with van der Waals surface area (Å²) >= 11 is 0. The Hall–Kier alpha value is -4.01. The number of halogens is 3. The third-order valence-corrected chi connectivity index (χ3v) is 6.55. The van der Waals surface area contributed by atoms with Gasteiger partial charge in [-0.15, -0.1) is 0 Å². The molecule has 3 aromatic rings. The SMILES string of the molecule is CCCN(CCC)c1ccc2c3c(cccc13)C(=O)N(Cc1ccc(C(=O)CC(=O)C(F)(F)F)cc1)C2=O. The van der Waals surface area contributed by atoms with Crippen molar-refractivity contribution in [2.45, 2.75) is 45.8 Å². The van der Waals surface area contributed by atoms with Gasteiger partial charge in [0.1, 0.15) is 0 Å². The first-order chi connectivity index (χ1) is 18.1. The van der Waals surface area contributed by atoms with E-state index in [1.54, 1.807) is 18.2 Å². The van der Waals surface area contributed by atoms with Gasteiger partial charge >= 0.3 is 6.18 Å². The Labute approximate surface area is 218 Å². The molecule has 0 atom stereocenters. The van der Waals surface area contributed by atoms with Crippen molar-refractivity contribution < 1.29 is 32.3 Å². The van der Waals surface area contributed by atoms with Crippen molar-refractivity contribution in [2.75, 3.05) is 18.0 Å². The minimum absolute atomic E-state index is 0.0611. The zero-order chi connectivity index (χ0) is 27.6. The van der Waals surface area contributed by atoms with Crippen molar-refractivity contribution in [1.29, 1.82) is 0 Å². The molecular weight excluding hydrogens is 497 g/mol. The first-order valence-electron chi connectivity index (χ1n) is 12.5. The van der Waals surface area contributed by atoms with Crippen LogP contribution >= 0.6 is 0 Å². The van der Waals surface area contributed by atoms with Crippen LogP contribution < -0.4 is 4.90 Å². The fraction of sp³-hybridized carbons (Fsp3) is 0.310. The topological polar surface area (TPSA) is 74.8 Å². The second-order valence-electron chi connectivity index (χ2n) is 9.26. The monoisotopic (exact) mass is 524 g/mol. The molecule has 9 heteroatoms. The lowest BCUT2D eigenvalue weighted by Gasteiger charge is -2.30. The quantitative estimate of drug-likeness (QED) is 0.186. The van der Waals surface area contributed by atoms with Crippen LogP contribution in [0.25, 0.3) is 10.8 Å². The molecule has 38 heavy (non-hydrogen) atoms. The van der Waals surface area contributed by atoms with Crippen molar-refractivity contribution >= 4 is 39.8 Å². The van der Waals surface area contributed by atoms with Crippen molar-refractivity contribution in [3.63, 3.8) is 0 Å². The minimum Gasteiger partial charge on any atom is -0.371 e. The van der Waals surface area contributed by atoms with Crippen LogP contribution in [0.3, 0.4) is 0 Å². The van der Waals surface area contributed by atoms with Crippen LogP contribution in [0.2, 0.25) is 0 Å². The van der Waals surface area contributed by atoms with E-state index in [9.17, 15) is 32.3 Å². The molecule has 0 N–H and O–H groups in total. The number of amides is 2. The Bertz CT molecular complexity index is 1390. The third-order valence-electron chi connectivity index (χ3n) is 6.55. The molecule has 198 valence electrons. The summed E-state index contributed by atoms with van der Waals surface area (Å²) in [5.41, 5.74) is 2.27. The van der Waals surface area contributed by atoms with Crippen molar-refractivity contribution in [2.24, 2.45) is 0 Å². The van der Waals surface area contributed by atoms with Crippen LogP contribution in [0.15, 0.2) is 54.6 Å². The number of anilines is 1. The number of hydrogen-bond donors (Lipinski definition) is 0. The van der Waals surface area contributed by atoms with E-state index in [-0.39, 0.29) is 12.1 Å². The lowest BCUT2D eigenvalue weighted by Crippen LogP contribution is -2.39. The van der Waals surface area contributed by atoms with E-state index in [1.807, 2.05) is 12.1 Å². The van der Waals surface area contributed by atoms with Crippen LogP contribution in [-0.4, -0.2) is 47.5 Å². The molecule has 0 spiro atoms. The molecule has 0 saturated carbocycles. The summed E-state index contributed by atoms with van der Waals surface area (Å²) < 4.78 is 37.4. The summed E-state index contributed by atoms with van der Waals surface area (Å²) in [6.45, 7) is 5.82. The molecule has 0 radical (unpaired) electrons. The van der Waals surface area contributed by atoms with Gasteiger partial charge in [0, 0.05) is 46.2 Å². The molecule has 0 aromatic heterocycles. The van der Waals surface area contributed by atoms with Gasteiger partial charge in [-0.1, -0.05) is 50.2 Å². The smallest absolute Gasteiger partial charge is 0.371 e. The Morgan fingerprint density at radius 1 is 0.842 bits per heavy atom. The van der Waals surface area contributed by atoms with Crippen molar-refractivity contribution in [3.05, 3.63) is 76.9 Å². The molecule has 1 aliphatic heterocycles. The van der Waals surface area contributed by atoms with Crippen LogP contribution in [0, 0.1) is 0 Å². The third kappa shape index (κ3) is 5.18. The molecule has 6 nitrogen and oxygen atoms in total. The van der Waals surface area contributed by atoms with Gasteiger partial charge in [0.05, 0.1) is 13.0 Å². The number of benzene rings is 3. The molecule has 0 unspecified atom stereocenters. The highest BCUT2D eigenvalue weighted by molar-refractivity contribution is 6.26. The Kier molecular flexibility index (Phi) is 7.66. The van der Waals surface area contributed by atoms with Gasteiger partial charge in [0.25, 0.3) is 11.8 Å². The summed E-state index contributed by atoms with van der Waals surface area (Å²) in [6.07, 6.45) is -4.44. The number of alkyl halides is 3. The van der Waals surface area contributed by atoms with Crippen LogP contribution in [0.4, 0.5) is 18.9 Å². The summed E-state index contributed by atoms with van der Waals surface area (Å²) in [6, 6.07) is 14.6. The Morgan fingerprint density at radius 2 is 1.45 bits per heavy atom. The van der Waals surface area contributed by atoms with E-state index < -0.39 is 36.0 Å². The van der Waals surface area contributed by atoms with E-state index in [0.717, 1.165) is 41.9 Å². The second kappa shape index (κ2) is 10.8. The zero-order valence-electron chi connectivity index (χ0n) is 21.1. The van der Waals surface area contributed by atoms with Crippen molar-refractivity contribution in [1.82, 2.24) is 4.90 Å². The fourth-order valence-electron chi connectivity index (χ4n) is 4.77. The molecule has 1 heterocycles.